The lowest BCUT2D eigenvalue weighted by atomic mass is 9.97. The number of aryl methyl sites for hydroxylation is 1. The Kier molecular flexibility index (Phi) is 6.94. The lowest BCUT2D eigenvalue weighted by Gasteiger charge is -2.35. The summed E-state index contributed by atoms with van der Waals surface area (Å²) in [6, 6.07) is 8.00. The maximum absolute atomic E-state index is 6.92. The summed E-state index contributed by atoms with van der Waals surface area (Å²) in [5.74, 6) is 1.79. The van der Waals surface area contributed by atoms with Gasteiger partial charge in [0.1, 0.15) is 0 Å². The van der Waals surface area contributed by atoms with Crippen LogP contribution in [0.15, 0.2) is 12.1 Å². The van der Waals surface area contributed by atoms with Crippen LogP contribution in [0.25, 0.3) is 0 Å². The zero-order chi connectivity index (χ0) is 20.7. The van der Waals surface area contributed by atoms with Crippen molar-refractivity contribution in [3.05, 3.63) is 33.3 Å². The molecule has 158 valence electrons. The molecule has 0 aromatic heterocycles. The molecule has 28 heavy (non-hydrogen) atoms. The van der Waals surface area contributed by atoms with E-state index in [1.165, 1.54) is 12.8 Å². The van der Waals surface area contributed by atoms with Crippen molar-refractivity contribution < 1.29 is 4.43 Å². The molecule has 2 fully saturated rings. The smallest absolute Gasteiger partial charge is 0.192 e. The molecule has 0 bridgehead atoms. The van der Waals surface area contributed by atoms with Crippen molar-refractivity contribution in [1.82, 2.24) is 5.32 Å². The topological polar surface area (TPSA) is 21.3 Å². The van der Waals surface area contributed by atoms with E-state index >= 15 is 0 Å². The minimum Gasteiger partial charge on any atom is -0.409 e. The molecule has 0 heterocycles. The van der Waals surface area contributed by atoms with Gasteiger partial charge in [-0.2, -0.15) is 0 Å². The first-order valence-electron chi connectivity index (χ1n) is 11.0. The highest BCUT2D eigenvalue weighted by atomic mass is 35.5. The molecule has 2 saturated carbocycles. The maximum Gasteiger partial charge on any atom is 0.192 e. The van der Waals surface area contributed by atoms with Gasteiger partial charge < -0.3 is 9.74 Å². The summed E-state index contributed by atoms with van der Waals surface area (Å²) >= 11 is 13.3. The van der Waals surface area contributed by atoms with Crippen molar-refractivity contribution in [2.45, 2.75) is 84.7 Å². The van der Waals surface area contributed by atoms with Crippen LogP contribution in [0, 0.1) is 24.2 Å². The molecule has 3 rings (SSSR count). The summed E-state index contributed by atoms with van der Waals surface area (Å²) in [7, 11) is -1.78. The maximum atomic E-state index is 6.92. The molecule has 4 atom stereocenters. The first-order chi connectivity index (χ1) is 13.2. The predicted molar refractivity (Wildman–Crippen MR) is 124 cm³/mol. The molecule has 2 aliphatic rings. The summed E-state index contributed by atoms with van der Waals surface area (Å²) in [5, 5.41) is 5.29. The number of hydrogen-bond acceptors (Lipinski definition) is 2. The van der Waals surface area contributed by atoms with Crippen molar-refractivity contribution >= 4 is 31.5 Å². The summed E-state index contributed by atoms with van der Waals surface area (Å²) < 4.78 is 6.92. The van der Waals surface area contributed by atoms with Crippen molar-refractivity contribution in [3.8, 4) is 0 Å². The Morgan fingerprint density at radius 1 is 1.07 bits per heavy atom. The van der Waals surface area contributed by atoms with Crippen LogP contribution < -0.4 is 5.32 Å². The van der Waals surface area contributed by atoms with Crippen LogP contribution in [0.4, 0.5) is 0 Å². The fourth-order valence-corrected chi connectivity index (χ4v) is 9.11. The van der Waals surface area contributed by atoms with Crippen molar-refractivity contribution in [2.24, 2.45) is 17.3 Å². The molecule has 0 aliphatic heterocycles. The largest absolute Gasteiger partial charge is 0.409 e. The number of hydrogen-bond donors (Lipinski definition) is 1. The van der Waals surface area contributed by atoms with Gasteiger partial charge in [-0.3, -0.25) is 0 Å². The normalized spacial score (nSPS) is 26.9. The SMILES string of the molecule is CC[Si](CC)(CC)OC(CN[C@@H]1C[C@@H]2[C@H](C1)C2(C)C)c1c(Cl)cc(C)cc1Cl. The second-order valence-electron chi connectivity index (χ2n) is 9.60. The summed E-state index contributed by atoms with van der Waals surface area (Å²) in [4.78, 5) is 0. The predicted octanol–water partition coefficient (Wildman–Crippen LogP) is 7.39. The Hall–Kier alpha value is -0.0631. The fourth-order valence-electron chi connectivity index (χ4n) is 5.47. The zero-order valence-corrected chi connectivity index (χ0v) is 20.9. The van der Waals surface area contributed by atoms with E-state index in [1.54, 1.807) is 0 Å². The molecule has 2 aliphatic carbocycles. The number of nitrogens with one attached hydrogen (secondary N) is 1. The molecular weight excluding hydrogens is 405 g/mol. The average molecular weight is 443 g/mol. The minimum absolute atomic E-state index is 0.0722. The first-order valence-corrected chi connectivity index (χ1v) is 14.3. The summed E-state index contributed by atoms with van der Waals surface area (Å²) in [6.45, 7) is 14.5. The fraction of sp³-hybridized carbons (Fsp3) is 0.739. The van der Waals surface area contributed by atoms with E-state index in [-0.39, 0.29) is 6.10 Å². The van der Waals surface area contributed by atoms with E-state index < -0.39 is 8.32 Å². The van der Waals surface area contributed by atoms with E-state index in [9.17, 15) is 0 Å². The van der Waals surface area contributed by atoms with Crippen LogP contribution >= 0.6 is 23.2 Å². The van der Waals surface area contributed by atoms with E-state index in [2.05, 4.69) is 39.9 Å². The number of benzene rings is 1. The van der Waals surface area contributed by atoms with Crippen LogP contribution in [0.5, 0.6) is 0 Å². The zero-order valence-electron chi connectivity index (χ0n) is 18.4. The summed E-state index contributed by atoms with van der Waals surface area (Å²) in [5.41, 5.74) is 2.62. The van der Waals surface area contributed by atoms with Gasteiger partial charge in [0.25, 0.3) is 0 Å². The molecule has 2 nitrogen and oxygen atoms in total. The van der Waals surface area contributed by atoms with E-state index in [0.29, 0.717) is 11.5 Å². The third kappa shape index (κ3) is 4.34. The Labute approximate surface area is 182 Å². The van der Waals surface area contributed by atoms with Crippen LogP contribution in [-0.2, 0) is 4.43 Å². The standard InChI is InChI=1S/C23H37Cl2NOSi/c1-7-28(8-2,9-3)27-21(22-19(24)10-15(4)11-20(22)25)14-26-16-12-17-18(13-16)23(17,5)6/h10-11,16-18,21,26H,7-9,12-14H2,1-6H3/t16-,17-,18+,21?. The summed E-state index contributed by atoms with van der Waals surface area (Å²) in [6.07, 6.45) is 2.51. The monoisotopic (exact) mass is 441 g/mol. The molecule has 1 aromatic rings. The van der Waals surface area contributed by atoms with Gasteiger partial charge in [-0.15, -0.1) is 0 Å². The molecule has 5 heteroatoms. The van der Waals surface area contributed by atoms with Crippen LogP contribution in [0.2, 0.25) is 28.2 Å². The Balaban J connectivity index is 1.77. The molecule has 0 amide bonds. The minimum atomic E-state index is -1.78. The Morgan fingerprint density at radius 2 is 1.57 bits per heavy atom. The Morgan fingerprint density at radius 3 is 2.04 bits per heavy atom. The first kappa shape index (κ1) is 22.6. The average Bonchev–Trinajstić information content (AvgIpc) is 2.99. The van der Waals surface area contributed by atoms with Crippen molar-refractivity contribution in [1.29, 1.82) is 0 Å². The molecule has 0 saturated heterocycles. The molecular formula is C23H37Cl2NOSi. The highest BCUT2D eigenvalue weighted by molar-refractivity contribution is 6.73. The van der Waals surface area contributed by atoms with Crippen LogP contribution in [0.1, 0.15) is 64.7 Å². The second kappa shape index (κ2) is 8.59. The highest BCUT2D eigenvalue weighted by Crippen LogP contribution is 2.66. The van der Waals surface area contributed by atoms with Gasteiger partial charge in [0.05, 0.1) is 6.10 Å². The number of halogens is 2. The van der Waals surface area contributed by atoms with Crippen molar-refractivity contribution in [2.75, 3.05) is 6.54 Å². The molecule has 1 N–H and O–H groups in total. The third-order valence-corrected chi connectivity index (χ3v) is 13.1. The third-order valence-electron chi connectivity index (χ3n) is 7.83. The number of fused-ring (bicyclic) bond motifs is 1. The van der Waals surface area contributed by atoms with Crippen LogP contribution in [-0.4, -0.2) is 20.9 Å². The second-order valence-corrected chi connectivity index (χ2v) is 15.1. The van der Waals surface area contributed by atoms with Gasteiger partial charge in [0.15, 0.2) is 8.32 Å². The van der Waals surface area contributed by atoms with Gasteiger partial charge in [-0.25, -0.2) is 0 Å². The van der Waals surface area contributed by atoms with Gasteiger partial charge in [0.2, 0.25) is 0 Å². The van der Waals surface area contributed by atoms with E-state index in [0.717, 1.165) is 57.7 Å². The molecule has 0 radical (unpaired) electrons. The van der Waals surface area contributed by atoms with Gasteiger partial charge >= 0.3 is 0 Å². The number of rotatable bonds is 9. The Bertz CT molecular complexity index is 659. The quantitative estimate of drug-likeness (QED) is 0.403. The van der Waals surface area contributed by atoms with Gasteiger partial charge in [-0.05, 0) is 72.8 Å². The van der Waals surface area contributed by atoms with Crippen LogP contribution in [0.3, 0.4) is 0 Å². The molecule has 1 unspecified atom stereocenters. The van der Waals surface area contributed by atoms with Gasteiger partial charge in [-0.1, -0.05) is 57.8 Å². The lowest BCUT2D eigenvalue weighted by Crippen LogP contribution is -2.41. The highest BCUT2D eigenvalue weighted by Gasteiger charge is 2.61. The molecule has 0 spiro atoms. The van der Waals surface area contributed by atoms with Crippen molar-refractivity contribution in [3.63, 3.8) is 0 Å². The molecule has 1 aromatic carbocycles. The van der Waals surface area contributed by atoms with Gasteiger partial charge in [0, 0.05) is 28.2 Å². The van der Waals surface area contributed by atoms with E-state index in [1.807, 2.05) is 19.1 Å². The lowest BCUT2D eigenvalue weighted by molar-refractivity contribution is 0.179. The van der Waals surface area contributed by atoms with E-state index in [4.69, 9.17) is 27.6 Å².